The Labute approximate surface area is 109 Å². The van der Waals surface area contributed by atoms with Crippen molar-refractivity contribution in [1.29, 1.82) is 0 Å². The van der Waals surface area contributed by atoms with E-state index < -0.39 is 0 Å². The maximum Gasteiger partial charge on any atom is 0.124 e. The zero-order valence-electron chi connectivity index (χ0n) is 11.5. The molecule has 0 fully saturated rings. The first-order valence-corrected chi connectivity index (χ1v) is 6.21. The van der Waals surface area contributed by atoms with Gasteiger partial charge in [0.05, 0.1) is 19.8 Å². The predicted molar refractivity (Wildman–Crippen MR) is 73.1 cm³/mol. The molecule has 0 saturated heterocycles. The van der Waals surface area contributed by atoms with Crippen molar-refractivity contribution >= 4 is 5.69 Å². The Morgan fingerprint density at radius 2 is 1.78 bits per heavy atom. The number of benzene rings is 1. The maximum atomic E-state index is 5.86. The quantitative estimate of drug-likeness (QED) is 0.570. The lowest BCUT2D eigenvalue weighted by Crippen LogP contribution is -2.07. The summed E-state index contributed by atoms with van der Waals surface area (Å²) in [4.78, 5) is 0. The standard InChI is InChI=1S/C14H23NO3/c1-11-9-12(2)14(10-13(11)15)18-6-4-5-17-8-7-16-3/h9-10H,4-8,15H2,1-3H3. The van der Waals surface area contributed by atoms with Crippen LogP contribution >= 0.6 is 0 Å². The number of ether oxygens (including phenoxy) is 3. The fourth-order valence-electron chi connectivity index (χ4n) is 1.59. The van der Waals surface area contributed by atoms with Gasteiger partial charge in [-0.25, -0.2) is 0 Å². The molecule has 0 aliphatic rings. The molecule has 102 valence electrons. The summed E-state index contributed by atoms with van der Waals surface area (Å²) in [6, 6.07) is 3.93. The van der Waals surface area contributed by atoms with Crippen molar-refractivity contribution in [3.8, 4) is 5.75 Å². The predicted octanol–water partition coefficient (Wildman–Crippen LogP) is 2.32. The molecule has 0 unspecified atom stereocenters. The largest absolute Gasteiger partial charge is 0.493 e. The molecular weight excluding hydrogens is 230 g/mol. The number of anilines is 1. The van der Waals surface area contributed by atoms with Gasteiger partial charge in [0, 0.05) is 31.9 Å². The molecule has 0 saturated carbocycles. The summed E-state index contributed by atoms with van der Waals surface area (Å²) in [7, 11) is 1.66. The normalized spacial score (nSPS) is 10.6. The van der Waals surface area contributed by atoms with Crippen LogP contribution in [0.5, 0.6) is 5.75 Å². The molecule has 0 spiro atoms. The molecule has 2 N–H and O–H groups in total. The monoisotopic (exact) mass is 253 g/mol. The maximum absolute atomic E-state index is 5.86. The van der Waals surface area contributed by atoms with Crippen LogP contribution in [0.25, 0.3) is 0 Å². The first-order valence-electron chi connectivity index (χ1n) is 6.21. The Balaban J connectivity index is 2.25. The zero-order valence-corrected chi connectivity index (χ0v) is 11.5. The number of nitrogen functional groups attached to an aromatic ring is 1. The highest BCUT2D eigenvalue weighted by Gasteiger charge is 2.03. The topological polar surface area (TPSA) is 53.7 Å². The molecular formula is C14H23NO3. The first kappa shape index (κ1) is 14.8. The second-order valence-corrected chi connectivity index (χ2v) is 4.28. The van der Waals surface area contributed by atoms with Crippen LogP contribution in [-0.2, 0) is 9.47 Å². The Morgan fingerprint density at radius 1 is 1.00 bits per heavy atom. The van der Waals surface area contributed by atoms with E-state index in [0.29, 0.717) is 26.4 Å². The van der Waals surface area contributed by atoms with Crippen LogP contribution in [0.2, 0.25) is 0 Å². The molecule has 1 rings (SSSR count). The fourth-order valence-corrected chi connectivity index (χ4v) is 1.59. The minimum absolute atomic E-state index is 0.632. The van der Waals surface area contributed by atoms with E-state index in [1.807, 2.05) is 26.0 Å². The third kappa shape index (κ3) is 4.94. The van der Waals surface area contributed by atoms with Crippen LogP contribution < -0.4 is 10.5 Å². The van der Waals surface area contributed by atoms with Crippen molar-refractivity contribution in [1.82, 2.24) is 0 Å². The van der Waals surface area contributed by atoms with Gasteiger partial charge < -0.3 is 19.9 Å². The van der Waals surface area contributed by atoms with Gasteiger partial charge in [0.1, 0.15) is 5.75 Å². The molecule has 4 nitrogen and oxygen atoms in total. The van der Waals surface area contributed by atoms with Crippen LogP contribution in [0.1, 0.15) is 17.5 Å². The van der Waals surface area contributed by atoms with Gasteiger partial charge in [-0.05, 0) is 25.0 Å². The van der Waals surface area contributed by atoms with Crippen LogP contribution in [0.4, 0.5) is 5.69 Å². The van der Waals surface area contributed by atoms with Crippen molar-refractivity contribution in [3.05, 3.63) is 23.3 Å². The molecule has 0 aliphatic carbocycles. The molecule has 0 bridgehead atoms. The highest BCUT2D eigenvalue weighted by Crippen LogP contribution is 2.24. The van der Waals surface area contributed by atoms with E-state index >= 15 is 0 Å². The van der Waals surface area contributed by atoms with E-state index in [-0.39, 0.29) is 0 Å². The summed E-state index contributed by atoms with van der Waals surface area (Å²) < 4.78 is 15.9. The SMILES string of the molecule is COCCOCCCOc1cc(N)c(C)cc1C. The lowest BCUT2D eigenvalue weighted by molar-refractivity contribution is 0.0644. The second-order valence-electron chi connectivity index (χ2n) is 4.28. The van der Waals surface area contributed by atoms with Crippen molar-refractivity contribution < 1.29 is 14.2 Å². The summed E-state index contributed by atoms with van der Waals surface area (Å²) >= 11 is 0. The summed E-state index contributed by atoms with van der Waals surface area (Å²) in [6.45, 7) is 6.61. The van der Waals surface area contributed by atoms with Crippen molar-refractivity contribution in [3.63, 3.8) is 0 Å². The Hall–Kier alpha value is -1.26. The molecule has 0 heterocycles. The summed E-state index contributed by atoms with van der Waals surface area (Å²) in [6.07, 6.45) is 0.858. The summed E-state index contributed by atoms with van der Waals surface area (Å²) in [5.74, 6) is 0.856. The molecule has 1 aromatic carbocycles. The van der Waals surface area contributed by atoms with Gasteiger partial charge in [-0.1, -0.05) is 6.07 Å². The van der Waals surface area contributed by atoms with Gasteiger partial charge in [0.15, 0.2) is 0 Å². The van der Waals surface area contributed by atoms with E-state index in [2.05, 4.69) is 0 Å². The summed E-state index contributed by atoms with van der Waals surface area (Å²) in [5.41, 5.74) is 8.83. The Morgan fingerprint density at radius 3 is 2.50 bits per heavy atom. The van der Waals surface area contributed by atoms with Gasteiger partial charge >= 0.3 is 0 Å². The van der Waals surface area contributed by atoms with Crippen molar-refractivity contribution in [2.24, 2.45) is 0 Å². The third-order valence-corrected chi connectivity index (χ3v) is 2.69. The molecule has 1 aromatic rings. The minimum Gasteiger partial charge on any atom is -0.493 e. The molecule has 4 heteroatoms. The average molecular weight is 253 g/mol. The van der Waals surface area contributed by atoms with Crippen molar-refractivity contribution in [2.75, 3.05) is 39.3 Å². The van der Waals surface area contributed by atoms with E-state index in [9.17, 15) is 0 Å². The van der Waals surface area contributed by atoms with Crippen LogP contribution in [-0.4, -0.2) is 33.5 Å². The van der Waals surface area contributed by atoms with Gasteiger partial charge in [0.25, 0.3) is 0 Å². The summed E-state index contributed by atoms with van der Waals surface area (Å²) in [5, 5.41) is 0. The molecule has 0 aromatic heterocycles. The average Bonchev–Trinajstić information content (AvgIpc) is 2.34. The van der Waals surface area contributed by atoms with Gasteiger partial charge in [-0.2, -0.15) is 0 Å². The highest BCUT2D eigenvalue weighted by atomic mass is 16.5. The number of methoxy groups -OCH3 is 1. The van der Waals surface area contributed by atoms with E-state index in [1.165, 1.54) is 0 Å². The highest BCUT2D eigenvalue weighted by molar-refractivity contribution is 5.54. The van der Waals surface area contributed by atoms with Crippen molar-refractivity contribution in [2.45, 2.75) is 20.3 Å². The lowest BCUT2D eigenvalue weighted by Gasteiger charge is -2.11. The zero-order chi connectivity index (χ0) is 13.4. The number of nitrogens with two attached hydrogens (primary N) is 1. The van der Waals surface area contributed by atoms with Crippen LogP contribution in [0.3, 0.4) is 0 Å². The van der Waals surface area contributed by atoms with Gasteiger partial charge in [0.2, 0.25) is 0 Å². The number of rotatable bonds is 8. The minimum atomic E-state index is 0.632. The molecule has 0 amide bonds. The lowest BCUT2D eigenvalue weighted by atomic mass is 10.1. The van der Waals surface area contributed by atoms with Gasteiger partial charge in [-0.3, -0.25) is 0 Å². The second kappa shape index (κ2) is 7.95. The number of hydrogen-bond donors (Lipinski definition) is 1. The van der Waals surface area contributed by atoms with Gasteiger partial charge in [-0.15, -0.1) is 0 Å². The van der Waals surface area contributed by atoms with E-state index in [1.54, 1.807) is 7.11 Å². The fraction of sp³-hybridized carbons (Fsp3) is 0.571. The third-order valence-electron chi connectivity index (χ3n) is 2.69. The molecule has 0 atom stereocenters. The number of aryl methyl sites for hydroxylation is 2. The Bertz CT molecular complexity index is 366. The smallest absolute Gasteiger partial charge is 0.124 e. The Kier molecular flexibility index (Phi) is 6.54. The molecule has 18 heavy (non-hydrogen) atoms. The molecule has 0 radical (unpaired) electrons. The van der Waals surface area contributed by atoms with E-state index in [0.717, 1.165) is 29.0 Å². The van der Waals surface area contributed by atoms with Crippen LogP contribution in [0.15, 0.2) is 12.1 Å². The first-order chi connectivity index (χ1) is 8.65. The van der Waals surface area contributed by atoms with E-state index in [4.69, 9.17) is 19.9 Å². The van der Waals surface area contributed by atoms with Crippen LogP contribution in [0, 0.1) is 13.8 Å². The molecule has 0 aliphatic heterocycles. The number of hydrogen-bond acceptors (Lipinski definition) is 4.